The Balaban J connectivity index is 2.17. The standard InChI is InChI=1S/C11H14N2O2/c1-13-11(14)9-5-4-8(6-10(9)12)15-7-2-3-7/h4-7H,2-3,12H2,1H3,(H,13,14). The van der Waals surface area contributed by atoms with Crippen LogP contribution in [-0.4, -0.2) is 19.1 Å². The van der Waals surface area contributed by atoms with Gasteiger partial charge >= 0.3 is 0 Å². The molecule has 1 saturated carbocycles. The predicted octanol–water partition coefficient (Wildman–Crippen LogP) is 1.17. The van der Waals surface area contributed by atoms with E-state index in [-0.39, 0.29) is 5.91 Å². The Hall–Kier alpha value is -1.71. The number of carbonyl (C=O) groups excluding carboxylic acids is 1. The van der Waals surface area contributed by atoms with E-state index in [2.05, 4.69) is 5.32 Å². The molecule has 0 bridgehead atoms. The first-order valence-corrected chi connectivity index (χ1v) is 4.99. The molecule has 0 saturated heterocycles. The third kappa shape index (κ3) is 2.21. The minimum Gasteiger partial charge on any atom is -0.490 e. The summed E-state index contributed by atoms with van der Waals surface area (Å²) in [6.07, 6.45) is 2.56. The smallest absolute Gasteiger partial charge is 0.253 e. The molecule has 2 rings (SSSR count). The van der Waals surface area contributed by atoms with Crippen LogP contribution in [0.15, 0.2) is 18.2 Å². The number of benzene rings is 1. The fraction of sp³-hybridized carbons (Fsp3) is 0.364. The minimum absolute atomic E-state index is 0.175. The molecular weight excluding hydrogens is 192 g/mol. The van der Waals surface area contributed by atoms with Crippen molar-refractivity contribution in [3.05, 3.63) is 23.8 Å². The zero-order valence-corrected chi connectivity index (χ0v) is 8.62. The average molecular weight is 206 g/mol. The van der Waals surface area contributed by atoms with Crippen molar-refractivity contribution >= 4 is 11.6 Å². The van der Waals surface area contributed by atoms with Crippen LogP contribution in [0.1, 0.15) is 23.2 Å². The Kier molecular flexibility index (Phi) is 2.49. The second kappa shape index (κ2) is 3.81. The number of hydrogen-bond acceptors (Lipinski definition) is 3. The van der Waals surface area contributed by atoms with Crippen LogP contribution in [0.4, 0.5) is 5.69 Å². The quantitative estimate of drug-likeness (QED) is 0.730. The van der Waals surface area contributed by atoms with E-state index in [1.165, 1.54) is 0 Å². The molecule has 0 unspecified atom stereocenters. The number of ether oxygens (including phenoxy) is 1. The fourth-order valence-electron chi connectivity index (χ4n) is 1.33. The number of carbonyl (C=O) groups is 1. The lowest BCUT2D eigenvalue weighted by molar-refractivity contribution is 0.0964. The minimum atomic E-state index is -0.175. The molecule has 0 aromatic heterocycles. The van der Waals surface area contributed by atoms with E-state index in [1.54, 1.807) is 25.2 Å². The number of amides is 1. The van der Waals surface area contributed by atoms with E-state index in [1.807, 2.05) is 0 Å². The van der Waals surface area contributed by atoms with Gasteiger partial charge in [-0.05, 0) is 25.0 Å². The molecule has 1 aliphatic rings. The number of anilines is 1. The topological polar surface area (TPSA) is 64.3 Å². The summed E-state index contributed by atoms with van der Waals surface area (Å²) >= 11 is 0. The largest absolute Gasteiger partial charge is 0.490 e. The van der Waals surface area contributed by atoms with Crippen molar-refractivity contribution in [3.8, 4) is 5.75 Å². The molecule has 0 spiro atoms. The summed E-state index contributed by atoms with van der Waals surface area (Å²) in [6.45, 7) is 0. The van der Waals surface area contributed by atoms with Gasteiger partial charge in [0.15, 0.2) is 0 Å². The molecule has 3 N–H and O–H groups in total. The van der Waals surface area contributed by atoms with Gasteiger partial charge in [-0.1, -0.05) is 0 Å². The first kappa shape index (κ1) is 9.83. The van der Waals surface area contributed by atoms with Gasteiger partial charge in [-0.15, -0.1) is 0 Å². The lowest BCUT2D eigenvalue weighted by atomic mass is 10.1. The third-order valence-corrected chi connectivity index (χ3v) is 2.32. The lowest BCUT2D eigenvalue weighted by Gasteiger charge is -2.08. The first-order valence-electron chi connectivity index (χ1n) is 4.99. The number of nitrogens with two attached hydrogens (primary N) is 1. The Morgan fingerprint density at radius 3 is 2.80 bits per heavy atom. The molecular formula is C11H14N2O2. The maximum absolute atomic E-state index is 11.3. The summed E-state index contributed by atoms with van der Waals surface area (Å²) in [5, 5.41) is 2.53. The number of hydrogen-bond donors (Lipinski definition) is 2. The molecule has 1 amide bonds. The van der Waals surface area contributed by atoms with Crippen molar-refractivity contribution in [1.82, 2.24) is 5.32 Å². The number of nitrogen functional groups attached to an aromatic ring is 1. The van der Waals surface area contributed by atoms with Gasteiger partial charge in [0.25, 0.3) is 5.91 Å². The average Bonchev–Trinajstić information content (AvgIpc) is 3.01. The SMILES string of the molecule is CNC(=O)c1ccc(OC2CC2)cc1N. The number of rotatable bonds is 3. The summed E-state index contributed by atoms with van der Waals surface area (Å²) in [5.74, 6) is 0.563. The van der Waals surface area contributed by atoms with Crippen LogP contribution in [0.3, 0.4) is 0 Å². The van der Waals surface area contributed by atoms with Gasteiger partial charge in [-0.3, -0.25) is 4.79 Å². The maximum atomic E-state index is 11.3. The third-order valence-electron chi connectivity index (χ3n) is 2.32. The monoisotopic (exact) mass is 206 g/mol. The molecule has 4 heteroatoms. The van der Waals surface area contributed by atoms with E-state index in [0.29, 0.717) is 17.4 Å². The Morgan fingerprint density at radius 1 is 1.53 bits per heavy atom. The van der Waals surface area contributed by atoms with Gasteiger partial charge in [0.05, 0.1) is 11.7 Å². The molecule has 15 heavy (non-hydrogen) atoms. The Labute approximate surface area is 88.4 Å². The Bertz CT molecular complexity index is 386. The highest BCUT2D eigenvalue weighted by Crippen LogP contribution is 2.28. The number of nitrogens with one attached hydrogen (secondary N) is 1. The van der Waals surface area contributed by atoms with Crippen molar-refractivity contribution < 1.29 is 9.53 Å². The van der Waals surface area contributed by atoms with E-state index in [4.69, 9.17) is 10.5 Å². The van der Waals surface area contributed by atoms with Gasteiger partial charge in [-0.2, -0.15) is 0 Å². The van der Waals surface area contributed by atoms with E-state index < -0.39 is 0 Å². The highest BCUT2D eigenvalue weighted by atomic mass is 16.5. The van der Waals surface area contributed by atoms with Crippen LogP contribution in [0.5, 0.6) is 5.75 Å². The summed E-state index contributed by atoms with van der Waals surface area (Å²) in [4.78, 5) is 11.3. The molecule has 0 heterocycles. The molecule has 1 aromatic carbocycles. The Morgan fingerprint density at radius 2 is 2.27 bits per heavy atom. The maximum Gasteiger partial charge on any atom is 0.253 e. The van der Waals surface area contributed by atoms with Gasteiger partial charge in [0.2, 0.25) is 0 Å². The molecule has 1 fully saturated rings. The van der Waals surface area contributed by atoms with Crippen molar-refractivity contribution in [3.63, 3.8) is 0 Å². The second-order valence-electron chi connectivity index (χ2n) is 3.65. The van der Waals surface area contributed by atoms with Crippen LogP contribution >= 0.6 is 0 Å². The molecule has 1 aromatic rings. The summed E-state index contributed by atoms with van der Waals surface area (Å²) in [6, 6.07) is 5.16. The van der Waals surface area contributed by atoms with Crippen LogP contribution < -0.4 is 15.8 Å². The van der Waals surface area contributed by atoms with Gasteiger partial charge < -0.3 is 15.8 Å². The molecule has 0 atom stereocenters. The first-order chi connectivity index (χ1) is 7.20. The van der Waals surface area contributed by atoms with Crippen molar-refractivity contribution in [2.75, 3.05) is 12.8 Å². The van der Waals surface area contributed by atoms with Crippen LogP contribution in [-0.2, 0) is 0 Å². The molecule has 80 valence electrons. The van der Waals surface area contributed by atoms with Crippen LogP contribution in [0.2, 0.25) is 0 Å². The van der Waals surface area contributed by atoms with Crippen LogP contribution in [0.25, 0.3) is 0 Å². The summed E-state index contributed by atoms with van der Waals surface area (Å²) < 4.78 is 5.56. The predicted molar refractivity (Wildman–Crippen MR) is 57.9 cm³/mol. The highest BCUT2D eigenvalue weighted by Gasteiger charge is 2.23. The molecule has 1 aliphatic carbocycles. The van der Waals surface area contributed by atoms with Crippen LogP contribution in [0, 0.1) is 0 Å². The van der Waals surface area contributed by atoms with Gasteiger partial charge in [0, 0.05) is 18.8 Å². The molecule has 0 radical (unpaired) electrons. The summed E-state index contributed by atoms with van der Waals surface area (Å²) in [5.41, 5.74) is 6.69. The fourth-order valence-corrected chi connectivity index (χ4v) is 1.33. The van der Waals surface area contributed by atoms with Crippen molar-refractivity contribution in [2.45, 2.75) is 18.9 Å². The molecule has 0 aliphatic heterocycles. The zero-order valence-electron chi connectivity index (χ0n) is 8.62. The van der Waals surface area contributed by atoms with Crippen molar-refractivity contribution in [2.24, 2.45) is 0 Å². The second-order valence-corrected chi connectivity index (χ2v) is 3.65. The molecule has 4 nitrogen and oxygen atoms in total. The van der Waals surface area contributed by atoms with E-state index >= 15 is 0 Å². The van der Waals surface area contributed by atoms with Gasteiger partial charge in [0.1, 0.15) is 5.75 Å². The van der Waals surface area contributed by atoms with E-state index in [9.17, 15) is 4.79 Å². The highest BCUT2D eigenvalue weighted by molar-refractivity contribution is 5.99. The van der Waals surface area contributed by atoms with Crippen molar-refractivity contribution in [1.29, 1.82) is 0 Å². The van der Waals surface area contributed by atoms with Gasteiger partial charge in [-0.25, -0.2) is 0 Å². The van der Waals surface area contributed by atoms with E-state index in [0.717, 1.165) is 18.6 Å². The normalized spacial score (nSPS) is 14.7. The lowest BCUT2D eigenvalue weighted by Crippen LogP contribution is -2.19. The summed E-state index contributed by atoms with van der Waals surface area (Å²) in [7, 11) is 1.58. The zero-order chi connectivity index (χ0) is 10.8.